The average molecular weight is 412 g/mol. The highest BCUT2D eigenvalue weighted by atomic mass is 127. The van der Waals surface area contributed by atoms with E-state index in [4.69, 9.17) is 4.74 Å². The molecule has 6 heteroatoms. The molecule has 0 spiro atoms. The molecule has 1 heterocycles. The lowest BCUT2D eigenvalue weighted by Gasteiger charge is -2.25. The summed E-state index contributed by atoms with van der Waals surface area (Å²) in [5.41, 5.74) is 0. The van der Waals surface area contributed by atoms with Gasteiger partial charge in [0.05, 0.1) is 6.61 Å². The number of ether oxygens (including phenoxy) is 1. The van der Waals surface area contributed by atoms with Gasteiger partial charge >= 0.3 is 0 Å². The molecule has 0 aromatic heterocycles. The minimum Gasteiger partial charge on any atom is -0.381 e. The van der Waals surface area contributed by atoms with Crippen LogP contribution in [0.2, 0.25) is 0 Å². The summed E-state index contributed by atoms with van der Waals surface area (Å²) in [7, 11) is 6.14. The van der Waals surface area contributed by atoms with E-state index in [1.54, 1.807) is 0 Å². The van der Waals surface area contributed by atoms with E-state index in [0.29, 0.717) is 5.92 Å². The van der Waals surface area contributed by atoms with E-state index in [0.717, 1.165) is 38.8 Å². The third kappa shape index (κ3) is 8.83. The Balaban J connectivity index is 0.00000400. The molecule has 5 nitrogen and oxygen atoms in total. The lowest BCUT2D eigenvalue weighted by Crippen LogP contribution is -2.43. The van der Waals surface area contributed by atoms with Crippen LogP contribution < -0.4 is 5.32 Å². The molecule has 0 radical (unpaired) electrons. The van der Waals surface area contributed by atoms with Crippen LogP contribution in [0, 0.1) is 5.92 Å². The van der Waals surface area contributed by atoms with Crippen LogP contribution in [0.25, 0.3) is 0 Å². The van der Waals surface area contributed by atoms with Crippen molar-refractivity contribution in [2.45, 2.75) is 26.2 Å². The second-order valence-corrected chi connectivity index (χ2v) is 5.74. The Morgan fingerprint density at radius 1 is 1.33 bits per heavy atom. The first kappa shape index (κ1) is 20.9. The minimum absolute atomic E-state index is 0. The van der Waals surface area contributed by atoms with Crippen molar-refractivity contribution in [1.82, 2.24) is 15.1 Å². The van der Waals surface area contributed by atoms with E-state index in [9.17, 15) is 0 Å². The summed E-state index contributed by atoms with van der Waals surface area (Å²) in [6.45, 7) is 8.22. The minimum atomic E-state index is 0. The van der Waals surface area contributed by atoms with Gasteiger partial charge in [-0.15, -0.1) is 24.0 Å². The van der Waals surface area contributed by atoms with E-state index in [2.05, 4.69) is 41.1 Å². The molecule has 0 saturated carbocycles. The largest absolute Gasteiger partial charge is 0.381 e. The Hall–Kier alpha value is -0.0800. The van der Waals surface area contributed by atoms with Crippen molar-refractivity contribution in [2.75, 3.05) is 60.5 Å². The zero-order chi connectivity index (χ0) is 14.8. The molecule has 0 amide bonds. The topological polar surface area (TPSA) is 40.1 Å². The number of likely N-dealkylation sites (N-methyl/N-ethyl adjacent to an activating group) is 1. The fourth-order valence-corrected chi connectivity index (χ4v) is 2.48. The molecule has 1 fully saturated rings. The van der Waals surface area contributed by atoms with E-state index in [1.807, 2.05) is 7.05 Å². The van der Waals surface area contributed by atoms with Gasteiger partial charge in [0.25, 0.3) is 0 Å². The summed E-state index contributed by atoms with van der Waals surface area (Å²) in [6.07, 6.45) is 3.69. The van der Waals surface area contributed by atoms with E-state index in [1.165, 1.54) is 25.8 Å². The van der Waals surface area contributed by atoms with Gasteiger partial charge in [-0.2, -0.15) is 0 Å². The summed E-state index contributed by atoms with van der Waals surface area (Å²) in [5, 5.41) is 3.44. The van der Waals surface area contributed by atoms with Crippen LogP contribution >= 0.6 is 24.0 Å². The van der Waals surface area contributed by atoms with Crippen molar-refractivity contribution in [3.05, 3.63) is 0 Å². The van der Waals surface area contributed by atoms with Crippen molar-refractivity contribution in [1.29, 1.82) is 0 Å². The maximum Gasteiger partial charge on any atom is 0.193 e. The van der Waals surface area contributed by atoms with Gasteiger partial charge in [-0.25, -0.2) is 0 Å². The zero-order valence-electron chi connectivity index (χ0n) is 14.1. The van der Waals surface area contributed by atoms with Crippen LogP contribution in [0.4, 0.5) is 0 Å². The van der Waals surface area contributed by atoms with E-state index >= 15 is 0 Å². The fraction of sp³-hybridized carbons (Fsp3) is 0.933. The Morgan fingerprint density at radius 2 is 2.10 bits per heavy atom. The molecule has 0 aromatic rings. The molecule has 1 atom stereocenters. The summed E-state index contributed by atoms with van der Waals surface area (Å²) < 4.78 is 5.43. The number of halogens is 1. The number of rotatable bonds is 8. The first-order valence-electron chi connectivity index (χ1n) is 7.85. The molecule has 1 unspecified atom stereocenters. The molecule has 0 aromatic carbocycles. The van der Waals surface area contributed by atoms with Crippen LogP contribution in [0.15, 0.2) is 4.99 Å². The van der Waals surface area contributed by atoms with Gasteiger partial charge in [0.15, 0.2) is 5.96 Å². The highest BCUT2D eigenvalue weighted by Gasteiger charge is 2.18. The van der Waals surface area contributed by atoms with Crippen molar-refractivity contribution >= 4 is 29.9 Å². The van der Waals surface area contributed by atoms with Crippen LogP contribution in [-0.4, -0.2) is 76.3 Å². The number of aliphatic imine (C=N–C) groups is 1. The number of guanidine groups is 1. The zero-order valence-corrected chi connectivity index (χ0v) is 16.4. The summed E-state index contributed by atoms with van der Waals surface area (Å²) >= 11 is 0. The smallest absolute Gasteiger partial charge is 0.193 e. The average Bonchev–Trinajstić information content (AvgIpc) is 2.94. The van der Waals surface area contributed by atoms with Crippen LogP contribution in [0.5, 0.6) is 0 Å². The van der Waals surface area contributed by atoms with E-state index < -0.39 is 0 Å². The lowest BCUT2D eigenvalue weighted by atomic mass is 10.1. The first-order chi connectivity index (χ1) is 9.67. The number of hydrogen-bond acceptors (Lipinski definition) is 3. The normalized spacial score (nSPS) is 18.7. The summed E-state index contributed by atoms with van der Waals surface area (Å²) in [5.74, 6) is 1.63. The molecular formula is C15H33IN4O. The van der Waals surface area contributed by atoms with E-state index in [-0.39, 0.29) is 24.0 Å². The second kappa shape index (κ2) is 12.5. The van der Waals surface area contributed by atoms with Gasteiger partial charge in [0, 0.05) is 46.3 Å². The molecule has 126 valence electrons. The highest BCUT2D eigenvalue weighted by molar-refractivity contribution is 14.0. The molecule has 0 bridgehead atoms. The van der Waals surface area contributed by atoms with Crippen LogP contribution in [0.3, 0.4) is 0 Å². The first-order valence-corrected chi connectivity index (χ1v) is 7.85. The molecule has 21 heavy (non-hydrogen) atoms. The maximum absolute atomic E-state index is 5.43. The van der Waals surface area contributed by atoms with Crippen LogP contribution in [-0.2, 0) is 4.74 Å². The Kier molecular flexibility index (Phi) is 12.4. The van der Waals surface area contributed by atoms with Crippen molar-refractivity contribution in [2.24, 2.45) is 10.9 Å². The van der Waals surface area contributed by atoms with Crippen molar-refractivity contribution in [3.63, 3.8) is 0 Å². The van der Waals surface area contributed by atoms with Crippen LogP contribution in [0.1, 0.15) is 26.2 Å². The highest BCUT2D eigenvalue weighted by Crippen LogP contribution is 2.13. The quantitative estimate of drug-likeness (QED) is 0.376. The standard InChI is InChI=1S/C15H32N4O.HI/c1-5-6-9-18(3)10-8-17-15(16-2)19(4)12-14-7-11-20-13-14;/h14H,5-13H2,1-4H3,(H,16,17);1H. The molecular weight excluding hydrogens is 379 g/mol. The lowest BCUT2D eigenvalue weighted by molar-refractivity contribution is 0.181. The molecule has 0 aliphatic carbocycles. The fourth-order valence-electron chi connectivity index (χ4n) is 2.48. The predicted octanol–water partition coefficient (Wildman–Crippen LogP) is 1.88. The second-order valence-electron chi connectivity index (χ2n) is 5.74. The third-order valence-electron chi connectivity index (χ3n) is 3.80. The van der Waals surface area contributed by atoms with Gasteiger partial charge < -0.3 is 19.9 Å². The predicted molar refractivity (Wildman–Crippen MR) is 101 cm³/mol. The van der Waals surface area contributed by atoms with Gasteiger partial charge in [0.2, 0.25) is 0 Å². The molecule has 1 rings (SSSR count). The summed E-state index contributed by atoms with van der Waals surface area (Å²) in [6, 6.07) is 0. The van der Waals surface area contributed by atoms with Gasteiger partial charge in [0.1, 0.15) is 0 Å². The number of nitrogens with zero attached hydrogens (tertiary/aromatic N) is 3. The van der Waals surface area contributed by atoms with Crippen molar-refractivity contribution in [3.8, 4) is 0 Å². The summed E-state index contributed by atoms with van der Waals surface area (Å²) in [4.78, 5) is 8.94. The molecule has 1 N–H and O–H groups in total. The maximum atomic E-state index is 5.43. The van der Waals surface area contributed by atoms with Crippen molar-refractivity contribution < 1.29 is 4.74 Å². The molecule has 1 aliphatic heterocycles. The number of unbranched alkanes of at least 4 members (excludes halogenated alkanes) is 1. The molecule has 1 aliphatic rings. The third-order valence-corrected chi connectivity index (χ3v) is 3.80. The Morgan fingerprint density at radius 3 is 2.67 bits per heavy atom. The Bertz CT molecular complexity index is 283. The SMILES string of the molecule is CCCCN(C)CCNC(=NC)N(C)CC1CCOC1.I. The van der Waals surface area contributed by atoms with Gasteiger partial charge in [-0.3, -0.25) is 4.99 Å². The molecule has 1 saturated heterocycles. The number of nitrogens with one attached hydrogen (secondary N) is 1. The Labute approximate surface area is 147 Å². The van der Waals surface area contributed by atoms with Gasteiger partial charge in [-0.1, -0.05) is 13.3 Å². The number of hydrogen-bond donors (Lipinski definition) is 1. The van der Waals surface area contributed by atoms with Gasteiger partial charge in [-0.05, 0) is 26.4 Å². The monoisotopic (exact) mass is 412 g/mol.